The summed E-state index contributed by atoms with van der Waals surface area (Å²) in [5.74, 6) is 1.50. The van der Waals surface area contributed by atoms with Crippen molar-refractivity contribution in [3.05, 3.63) is 22.5 Å². The minimum atomic E-state index is -0.513. The van der Waals surface area contributed by atoms with E-state index in [0.29, 0.717) is 17.8 Å². The second-order valence-corrected chi connectivity index (χ2v) is 4.12. The lowest BCUT2D eigenvalue weighted by atomic mass is 9.98. The average molecular weight is 224 g/mol. The topological polar surface area (TPSA) is 81.0 Å². The Kier molecular flexibility index (Phi) is 4.16. The van der Waals surface area contributed by atoms with E-state index in [-0.39, 0.29) is 5.69 Å². The quantitative estimate of drug-likeness (QED) is 0.611. The number of nitrogens with zero attached hydrogens (tertiary/aromatic N) is 3. The van der Waals surface area contributed by atoms with E-state index in [1.165, 1.54) is 12.4 Å². The molecule has 0 spiro atoms. The number of rotatable bonds is 5. The van der Waals surface area contributed by atoms with Gasteiger partial charge in [0.15, 0.2) is 0 Å². The summed E-state index contributed by atoms with van der Waals surface area (Å²) in [6.45, 7) is 7.17. The van der Waals surface area contributed by atoms with Crippen LogP contribution in [0.25, 0.3) is 0 Å². The highest BCUT2D eigenvalue weighted by molar-refractivity contribution is 5.30. The van der Waals surface area contributed by atoms with E-state index < -0.39 is 4.92 Å². The van der Waals surface area contributed by atoms with Gasteiger partial charge in [0.05, 0.1) is 4.92 Å². The molecule has 1 atom stereocenters. The highest BCUT2D eigenvalue weighted by Gasteiger charge is 2.09. The number of nitro groups is 1. The van der Waals surface area contributed by atoms with Crippen LogP contribution in [-0.2, 0) is 0 Å². The summed E-state index contributed by atoms with van der Waals surface area (Å²) < 4.78 is 0. The van der Waals surface area contributed by atoms with Gasteiger partial charge in [-0.05, 0) is 11.8 Å². The molecular formula is C10H16N4O2. The smallest absolute Gasteiger partial charge is 0.305 e. The van der Waals surface area contributed by atoms with Gasteiger partial charge in [0, 0.05) is 6.54 Å². The average Bonchev–Trinajstić information content (AvgIpc) is 2.26. The molecule has 0 aliphatic rings. The Hall–Kier alpha value is -1.72. The zero-order valence-corrected chi connectivity index (χ0v) is 9.67. The van der Waals surface area contributed by atoms with Crippen LogP contribution in [-0.4, -0.2) is 21.4 Å². The predicted molar refractivity (Wildman–Crippen MR) is 61.2 cm³/mol. The molecule has 0 saturated carbocycles. The molecule has 6 heteroatoms. The minimum absolute atomic E-state index is 0.0949. The Bertz CT molecular complexity index is 350. The molecular weight excluding hydrogens is 208 g/mol. The summed E-state index contributed by atoms with van der Waals surface area (Å²) in [5.41, 5.74) is -0.0949. The van der Waals surface area contributed by atoms with Crippen LogP contribution in [0.1, 0.15) is 20.8 Å². The van der Waals surface area contributed by atoms with E-state index in [4.69, 9.17) is 0 Å². The van der Waals surface area contributed by atoms with Crippen molar-refractivity contribution in [1.29, 1.82) is 0 Å². The van der Waals surface area contributed by atoms with Crippen molar-refractivity contribution in [3.8, 4) is 0 Å². The van der Waals surface area contributed by atoms with Crippen LogP contribution in [0.3, 0.4) is 0 Å². The van der Waals surface area contributed by atoms with E-state index in [1.807, 2.05) is 0 Å². The third kappa shape index (κ3) is 3.45. The highest BCUT2D eigenvalue weighted by Crippen LogP contribution is 2.11. The highest BCUT2D eigenvalue weighted by atomic mass is 16.6. The molecule has 0 amide bonds. The van der Waals surface area contributed by atoms with Gasteiger partial charge in [-0.25, -0.2) is 9.97 Å². The van der Waals surface area contributed by atoms with Crippen LogP contribution >= 0.6 is 0 Å². The number of anilines is 1. The first-order chi connectivity index (χ1) is 7.50. The summed E-state index contributed by atoms with van der Waals surface area (Å²) >= 11 is 0. The fourth-order valence-corrected chi connectivity index (χ4v) is 0.995. The van der Waals surface area contributed by atoms with Gasteiger partial charge in [0.1, 0.15) is 12.4 Å². The van der Waals surface area contributed by atoms with Gasteiger partial charge in [-0.15, -0.1) is 0 Å². The molecule has 1 N–H and O–H groups in total. The normalized spacial score (nSPS) is 12.5. The minimum Gasteiger partial charge on any atom is -0.354 e. The van der Waals surface area contributed by atoms with Crippen molar-refractivity contribution >= 4 is 11.6 Å². The second-order valence-electron chi connectivity index (χ2n) is 4.12. The zero-order chi connectivity index (χ0) is 12.1. The summed E-state index contributed by atoms with van der Waals surface area (Å²) in [5, 5.41) is 13.4. The molecule has 0 aliphatic heterocycles. The molecule has 16 heavy (non-hydrogen) atoms. The number of hydrogen-bond acceptors (Lipinski definition) is 5. The molecule has 1 aromatic heterocycles. The lowest BCUT2D eigenvalue weighted by Gasteiger charge is -2.15. The summed E-state index contributed by atoms with van der Waals surface area (Å²) in [6, 6.07) is 0. The number of hydrogen-bond donors (Lipinski definition) is 1. The fraction of sp³-hybridized carbons (Fsp3) is 0.600. The fourth-order valence-electron chi connectivity index (χ4n) is 0.995. The van der Waals surface area contributed by atoms with Crippen LogP contribution in [0.5, 0.6) is 0 Å². The molecule has 0 aliphatic carbocycles. The van der Waals surface area contributed by atoms with Crippen molar-refractivity contribution in [1.82, 2.24) is 9.97 Å². The van der Waals surface area contributed by atoms with Crippen LogP contribution in [0.2, 0.25) is 0 Å². The lowest BCUT2D eigenvalue weighted by Crippen LogP contribution is -2.17. The maximum Gasteiger partial charge on any atom is 0.305 e. The van der Waals surface area contributed by atoms with E-state index in [0.717, 1.165) is 6.54 Å². The molecule has 0 radical (unpaired) electrons. The van der Waals surface area contributed by atoms with E-state index >= 15 is 0 Å². The van der Waals surface area contributed by atoms with Crippen molar-refractivity contribution in [2.75, 3.05) is 11.9 Å². The van der Waals surface area contributed by atoms with E-state index in [9.17, 15) is 10.1 Å². The molecule has 0 bridgehead atoms. The summed E-state index contributed by atoms with van der Waals surface area (Å²) in [7, 11) is 0. The Labute approximate surface area is 94.3 Å². The Morgan fingerprint density at radius 3 is 2.38 bits per heavy atom. The van der Waals surface area contributed by atoms with Crippen LogP contribution < -0.4 is 5.32 Å². The Morgan fingerprint density at radius 2 is 1.94 bits per heavy atom. The maximum atomic E-state index is 10.4. The monoisotopic (exact) mass is 224 g/mol. The summed E-state index contributed by atoms with van der Waals surface area (Å²) in [4.78, 5) is 17.6. The second kappa shape index (κ2) is 5.39. The number of aromatic nitrogens is 2. The van der Waals surface area contributed by atoms with Gasteiger partial charge in [-0.2, -0.15) is 0 Å². The van der Waals surface area contributed by atoms with Gasteiger partial charge < -0.3 is 5.32 Å². The molecule has 1 aromatic rings. The number of nitrogens with one attached hydrogen (secondary N) is 1. The molecule has 1 heterocycles. The molecule has 0 aromatic carbocycles. The van der Waals surface area contributed by atoms with Crippen LogP contribution in [0.15, 0.2) is 12.4 Å². The zero-order valence-electron chi connectivity index (χ0n) is 9.67. The van der Waals surface area contributed by atoms with Crippen molar-refractivity contribution in [3.63, 3.8) is 0 Å². The largest absolute Gasteiger partial charge is 0.354 e. The van der Waals surface area contributed by atoms with Gasteiger partial charge in [-0.1, -0.05) is 20.8 Å². The third-order valence-corrected chi connectivity index (χ3v) is 2.57. The predicted octanol–water partition coefficient (Wildman–Crippen LogP) is 2.09. The van der Waals surface area contributed by atoms with Crippen LogP contribution in [0.4, 0.5) is 11.6 Å². The SMILES string of the molecule is CC(C)C(C)CNc1ncc([N+](=O)[O-])cn1. The Morgan fingerprint density at radius 1 is 1.38 bits per heavy atom. The molecule has 6 nitrogen and oxygen atoms in total. The van der Waals surface area contributed by atoms with Crippen molar-refractivity contribution in [2.45, 2.75) is 20.8 Å². The van der Waals surface area contributed by atoms with E-state index in [1.54, 1.807) is 0 Å². The first-order valence-electron chi connectivity index (χ1n) is 5.21. The standard InChI is InChI=1S/C10H16N4O2/c1-7(2)8(3)4-11-10-12-5-9(6-13-10)14(15)16/h5-8H,4H2,1-3H3,(H,11,12,13). The molecule has 88 valence electrons. The summed E-state index contributed by atoms with van der Waals surface area (Å²) in [6.07, 6.45) is 2.41. The molecule has 1 rings (SSSR count). The van der Waals surface area contributed by atoms with Gasteiger partial charge in [-0.3, -0.25) is 10.1 Å². The van der Waals surface area contributed by atoms with E-state index in [2.05, 4.69) is 36.1 Å². The molecule has 0 saturated heterocycles. The van der Waals surface area contributed by atoms with Crippen molar-refractivity contribution < 1.29 is 4.92 Å². The molecule has 1 unspecified atom stereocenters. The third-order valence-electron chi connectivity index (χ3n) is 2.57. The van der Waals surface area contributed by atoms with Crippen molar-refractivity contribution in [2.24, 2.45) is 11.8 Å². The molecule has 0 fully saturated rings. The Balaban J connectivity index is 2.53. The first kappa shape index (κ1) is 12.4. The van der Waals surface area contributed by atoms with Gasteiger partial charge in [0.25, 0.3) is 0 Å². The van der Waals surface area contributed by atoms with Gasteiger partial charge >= 0.3 is 5.69 Å². The maximum absolute atomic E-state index is 10.4. The first-order valence-corrected chi connectivity index (χ1v) is 5.21. The lowest BCUT2D eigenvalue weighted by molar-refractivity contribution is -0.385. The van der Waals surface area contributed by atoms with Crippen LogP contribution in [0, 0.1) is 22.0 Å². The van der Waals surface area contributed by atoms with Gasteiger partial charge in [0.2, 0.25) is 5.95 Å².